The van der Waals surface area contributed by atoms with Crippen molar-refractivity contribution in [2.75, 3.05) is 0 Å². The maximum absolute atomic E-state index is 9.67. The Morgan fingerprint density at radius 1 is 1.19 bits per heavy atom. The Morgan fingerprint density at radius 3 is 2.86 bits per heavy atom. The van der Waals surface area contributed by atoms with Crippen molar-refractivity contribution in [1.82, 2.24) is 9.55 Å². The van der Waals surface area contributed by atoms with Crippen molar-refractivity contribution in [3.8, 4) is 5.75 Å². The second-order valence-corrected chi connectivity index (χ2v) is 4.84. The van der Waals surface area contributed by atoms with Crippen molar-refractivity contribution in [2.45, 2.75) is 26.7 Å². The molecule has 4 heteroatoms. The van der Waals surface area contributed by atoms with Crippen molar-refractivity contribution in [2.24, 2.45) is 0 Å². The van der Waals surface area contributed by atoms with Crippen molar-refractivity contribution in [1.29, 1.82) is 0 Å². The molecule has 0 saturated heterocycles. The second-order valence-electron chi connectivity index (χ2n) is 4.84. The van der Waals surface area contributed by atoms with Gasteiger partial charge in [-0.2, -0.15) is 0 Å². The number of ether oxygens (including phenoxy) is 1. The van der Waals surface area contributed by atoms with E-state index in [2.05, 4.69) is 11.9 Å². The number of aromatic nitrogens is 2. The van der Waals surface area contributed by atoms with Gasteiger partial charge in [0.2, 0.25) is 0 Å². The largest absolute Gasteiger partial charge is 0.485 e. The summed E-state index contributed by atoms with van der Waals surface area (Å²) in [6.45, 7) is 3.29. The quantitative estimate of drug-likeness (QED) is 0.782. The van der Waals surface area contributed by atoms with Crippen molar-refractivity contribution in [3.63, 3.8) is 0 Å². The van der Waals surface area contributed by atoms with E-state index in [1.165, 1.54) is 0 Å². The van der Waals surface area contributed by atoms with Crippen LogP contribution < -0.4 is 4.74 Å². The molecular formula is C17H18N2O2. The highest BCUT2D eigenvalue weighted by Crippen LogP contribution is 2.28. The fourth-order valence-corrected chi connectivity index (χ4v) is 2.52. The highest BCUT2D eigenvalue weighted by molar-refractivity contribution is 5.87. The molecule has 4 nitrogen and oxygen atoms in total. The van der Waals surface area contributed by atoms with Crippen LogP contribution in [0.2, 0.25) is 0 Å². The number of nitrogens with zero attached hydrogens (tertiary/aromatic N) is 2. The molecule has 0 amide bonds. The molecule has 0 aliphatic rings. The average molecular weight is 282 g/mol. The van der Waals surface area contributed by atoms with Gasteiger partial charge in [0.05, 0.1) is 6.61 Å². The van der Waals surface area contributed by atoms with Crippen LogP contribution in [0.3, 0.4) is 0 Å². The van der Waals surface area contributed by atoms with E-state index < -0.39 is 0 Å². The van der Waals surface area contributed by atoms with E-state index in [1.807, 2.05) is 47.2 Å². The van der Waals surface area contributed by atoms with Gasteiger partial charge in [-0.05, 0) is 23.8 Å². The highest BCUT2D eigenvalue weighted by Gasteiger charge is 2.09. The van der Waals surface area contributed by atoms with Crippen LogP contribution >= 0.6 is 0 Å². The maximum Gasteiger partial charge on any atom is 0.146 e. The molecule has 0 radical (unpaired) electrons. The standard InChI is InChI=1S/C17H18N2O2/c1-2-19-10-9-18-17(19)12-21-16-8-7-13-5-3-4-6-14(13)15(16)11-20/h3-10,20H,2,11-12H2,1H3. The summed E-state index contributed by atoms with van der Waals surface area (Å²) in [5.74, 6) is 1.59. The number of aryl methyl sites for hydroxylation is 1. The SMILES string of the molecule is CCn1ccnc1COc1ccc2ccccc2c1CO. The molecule has 0 unspecified atom stereocenters. The van der Waals surface area contributed by atoms with Gasteiger partial charge in [0, 0.05) is 24.5 Å². The van der Waals surface area contributed by atoms with Crippen LogP contribution in [0.1, 0.15) is 18.3 Å². The predicted octanol–water partition coefficient (Wildman–Crippen LogP) is 3.13. The predicted molar refractivity (Wildman–Crippen MR) is 82.1 cm³/mol. The van der Waals surface area contributed by atoms with Gasteiger partial charge in [0.15, 0.2) is 0 Å². The van der Waals surface area contributed by atoms with Gasteiger partial charge in [0.1, 0.15) is 18.2 Å². The van der Waals surface area contributed by atoms with E-state index in [-0.39, 0.29) is 6.61 Å². The van der Waals surface area contributed by atoms with E-state index in [1.54, 1.807) is 6.20 Å². The molecule has 2 aromatic carbocycles. The molecule has 1 N–H and O–H groups in total. The van der Waals surface area contributed by atoms with Crippen LogP contribution in [0.25, 0.3) is 10.8 Å². The Hall–Kier alpha value is -2.33. The van der Waals surface area contributed by atoms with Crippen LogP contribution in [0.4, 0.5) is 0 Å². The molecule has 0 atom stereocenters. The minimum atomic E-state index is -0.0428. The molecule has 0 bridgehead atoms. The first kappa shape index (κ1) is 13.6. The van der Waals surface area contributed by atoms with Gasteiger partial charge in [-0.1, -0.05) is 30.3 Å². The van der Waals surface area contributed by atoms with Gasteiger partial charge in [0.25, 0.3) is 0 Å². The number of hydrogen-bond donors (Lipinski definition) is 1. The van der Waals surface area contributed by atoms with Crippen LogP contribution in [0.15, 0.2) is 48.8 Å². The van der Waals surface area contributed by atoms with Gasteiger partial charge in [-0.3, -0.25) is 0 Å². The van der Waals surface area contributed by atoms with Gasteiger partial charge >= 0.3 is 0 Å². The normalized spacial score (nSPS) is 11.0. The first-order valence-corrected chi connectivity index (χ1v) is 7.07. The molecule has 1 aromatic heterocycles. The first-order chi connectivity index (χ1) is 10.3. The molecule has 0 saturated carbocycles. The lowest BCUT2D eigenvalue weighted by Gasteiger charge is -2.13. The van der Waals surface area contributed by atoms with Gasteiger partial charge in [-0.15, -0.1) is 0 Å². The Labute approximate surface area is 123 Å². The first-order valence-electron chi connectivity index (χ1n) is 7.07. The smallest absolute Gasteiger partial charge is 0.146 e. The zero-order chi connectivity index (χ0) is 14.7. The monoisotopic (exact) mass is 282 g/mol. The molecule has 3 rings (SSSR count). The highest BCUT2D eigenvalue weighted by atomic mass is 16.5. The molecule has 21 heavy (non-hydrogen) atoms. The minimum Gasteiger partial charge on any atom is -0.485 e. The zero-order valence-corrected chi connectivity index (χ0v) is 12.0. The Bertz CT molecular complexity index is 749. The Morgan fingerprint density at radius 2 is 2.05 bits per heavy atom. The number of benzene rings is 2. The van der Waals surface area contributed by atoms with Crippen LogP contribution in [0.5, 0.6) is 5.75 Å². The van der Waals surface area contributed by atoms with Crippen molar-refractivity contribution >= 4 is 10.8 Å². The fraction of sp³-hybridized carbons (Fsp3) is 0.235. The lowest BCUT2D eigenvalue weighted by atomic mass is 10.0. The van der Waals surface area contributed by atoms with E-state index in [9.17, 15) is 5.11 Å². The summed E-state index contributed by atoms with van der Waals surface area (Å²) in [5.41, 5.74) is 0.822. The summed E-state index contributed by atoms with van der Waals surface area (Å²) >= 11 is 0. The molecule has 0 spiro atoms. The number of aliphatic hydroxyl groups excluding tert-OH is 1. The Kier molecular flexibility index (Phi) is 3.88. The van der Waals surface area contributed by atoms with Crippen LogP contribution in [0, 0.1) is 0 Å². The molecule has 108 valence electrons. The molecular weight excluding hydrogens is 264 g/mol. The number of rotatable bonds is 5. The topological polar surface area (TPSA) is 47.3 Å². The minimum absolute atomic E-state index is 0.0428. The van der Waals surface area contributed by atoms with Crippen LogP contribution in [-0.2, 0) is 19.8 Å². The lowest BCUT2D eigenvalue weighted by molar-refractivity contribution is 0.255. The van der Waals surface area contributed by atoms with Crippen molar-refractivity contribution in [3.05, 3.63) is 60.2 Å². The van der Waals surface area contributed by atoms with E-state index in [0.717, 1.165) is 28.7 Å². The van der Waals surface area contributed by atoms with Crippen molar-refractivity contribution < 1.29 is 9.84 Å². The summed E-state index contributed by atoms with van der Waals surface area (Å²) < 4.78 is 7.92. The van der Waals surface area contributed by atoms with E-state index in [0.29, 0.717) is 12.4 Å². The fourth-order valence-electron chi connectivity index (χ4n) is 2.52. The zero-order valence-electron chi connectivity index (χ0n) is 12.0. The summed E-state index contributed by atoms with van der Waals surface area (Å²) in [6.07, 6.45) is 3.71. The maximum atomic E-state index is 9.67. The summed E-state index contributed by atoms with van der Waals surface area (Å²) in [5, 5.41) is 11.8. The summed E-state index contributed by atoms with van der Waals surface area (Å²) in [4.78, 5) is 4.30. The summed E-state index contributed by atoms with van der Waals surface area (Å²) in [7, 11) is 0. The number of hydrogen-bond acceptors (Lipinski definition) is 3. The van der Waals surface area contributed by atoms with Gasteiger partial charge in [-0.25, -0.2) is 4.98 Å². The molecule has 3 aromatic rings. The molecule has 0 aliphatic carbocycles. The van der Waals surface area contributed by atoms with E-state index >= 15 is 0 Å². The second kappa shape index (κ2) is 5.97. The number of fused-ring (bicyclic) bond motifs is 1. The number of aliphatic hydroxyl groups is 1. The Balaban J connectivity index is 1.90. The lowest BCUT2D eigenvalue weighted by Crippen LogP contribution is -2.06. The third kappa shape index (κ3) is 2.62. The third-order valence-corrected chi connectivity index (χ3v) is 3.65. The number of imidazole rings is 1. The molecule has 0 aliphatic heterocycles. The molecule has 1 heterocycles. The van der Waals surface area contributed by atoms with Gasteiger partial charge < -0.3 is 14.4 Å². The van der Waals surface area contributed by atoms with Crippen LogP contribution in [-0.4, -0.2) is 14.7 Å². The third-order valence-electron chi connectivity index (χ3n) is 3.65. The summed E-state index contributed by atoms with van der Waals surface area (Å²) in [6, 6.07) is 11.9. The molecule has 0 fully saturated rings. The average Bonchev–Trinajstić information content (AvgIpc) is 2.99. The van der Waals surface area contributed by atoms with E-state index in [4.69, 9.17) is 4.74 Å².